The van der Waals surface area contributed by atoms with Gasteiger partial charge < -0.3 is 14.5 Å². The van der Waals surface area contributed by atoms with E-state index in [1.165, 1.54) is 5.56 Å². The third-order valence-corrected chi connectivity index (χ3v) is 4.70. The zero-order valence-electron chi connectivity index (χ0n) is 16.7. The molecule has 0 saturated carbocycles. The van der Waals surface area contributed by atoms with Crippen molar-refractivity contribution in [1.82, 2.24) is 9.80 Å². The molecular weight excluding hydrogens is 328 g/mol. The molecular formula is C21H32N2O3. The predicted octanol–water partition coefficient (Wildman–Crippen LogP) is 3.64. The van der Waals surface area contributed by atoms with Crippen molar-refractivity contribution in [3.05, 3.63) is 35.4 Å². The molecule has 1 heterocycles. The molecule has 0 bridgehead atoms. The zero-order chi connectivity index (χ0) is 19.3. The topological polar surface area (TPSA) is 49.9 Å². The summed E-state index contributed by atoms with van der Waals surface area (Å²) in [5.41, 5.74) is 1.79. The SMILES string of the molecule is Cc1ccc(CC(=O)N(C)CC2CCN(C(=O)OC(C)(C)C)CC2)cc1. The number of hydrogen-bond donors (Lipinski definition) is 0. The number of hydrogen-bond acceptors (Lipinski definition) is 3. The Labute approximate surface area is 157 Å². The zero-order valence-corrected chi connectivity index (χ0v) is 16.7. The summed E-state index contributed by atoms with van der Waals surface area (Å²) >= 11 is 0. The molecule has 2 rings (SSSR count). The van der Waals surface area contributed by atoms with Crippen molar-refractivity contribution in [2.75, 3.05) is 26.7 Å². The second kappa shape index (κ2) is 8.56. The first-order chi connectivity index (χ1) is 12.1. The lowest BCUT2D eigenvalue weighted by Crippen LogP contribution is -2.44. The van der Waals surface area contributed by atoms with E-state index in [0.29, 0.717) is 25.4 Å². The third-order valence-electron chi connectivity index (χ3n) is 4.70. The fourth-order valence-electron chi connectivity index (χ4n) is 3.13. The van der Waals surface area contributed by atoms with E-state index in [-0.39, 0.29) is 12.0 Å². The molecule has 0 spiro atoms. The Morgan fingerprint density at radius 3 is 2.27 bits per heavy atom. The van der Waals surface area contributed by atoms with Crippen LogP contribution < -0.4 is 0 Å². The average Bonchev–Trinajstić information content (AvgIpc) is 2.56. The first-order valence-corrected chi connectivity index (χ1v) is 9.41. The maximum atomic E-state index is 12.4. The van der Waals surface area contributed by atoms with E-state index in [1.807, 2.05) is 63.9 Å². The van der Waals surface area contributed by atoms with Crippen LogP contribution in [0.5, 0.6) is 0 Å². The Kier molecular flexibility index (Phi) is 6.68. The number of rotatable bonds is 4. The van der Waals surface area contributed by atoms with Crippen molar-refractivity contribution in [2.45, 2.75) is 52.6 Å². The van der Waals surface area contributed by atoms with Crippen LogP contribution in [-0.4, -0.2) is 54.1 Å². The smallest absolute Gasteiger partial charge is 0.410 e. The summed E-state index contributed by atoms with van der Waals surface area (Å²) in [6.07, 6.45) is 2.01. The number of aryl methyl sites for hydroxylation is 1. The molecule has 0 aliphatic carbocycles. The Morgan fingerprint density at radius 1 is 1.15 bits per heavy atom. The molecule has 1 fully saturated rings. The summed E-state index contributed by atoms with van der Waals surface area (Å²) in [4.78, 5) is 28.2. The van der Waals surface area contributed by atoms with Crippen LogP contribution in [0, 0.1) is 12.8 Å². The van der Waals surface area contributed by atoms with Crippen LogP contribution in [0.1, 0.15) is 44.7 Å². The summed E-state index contributed by atoms with van der Waals surface area (Å²) < 4.78 is 5.43. The predicted molar refractivity (Wildman–Crippen MR) is 103 cm³/mol. The van der Waals surface area contributed by atoms with E-state index in [1.54, 1.807) is 4.90 Å². The minimum absolute atomic E-state index is 0.142. The Bertz CT molecular complexity index is 611. The van der Waals surface area contributed by atoms with Crippen molar-refractivity contribution < 1.29 is 14.3 Å². The number of carbonyl (C=O) groups excluding carboxylic acids is 2. The lowest BCUT2D eigenvalue weighted by atomic mass is 9.96. The number of piperidine rings is 1. The van der Waals surface area contributed by atoms with Gasteiger partial charge in [-0.1, -0.05) is 29.8 Å². The van der Waals surface area contributed by atoms with Crippen molar-refractivity contribution in [2.24, 2.45) is 5.92 Å². The molecule has 0 N–H and O–H groups in total. The van der Waals surface area contributed by atoms with Crippen LogP contribution >= 0.6 is 0 Å². The van der Waals surface area contributed by atoms with Crippen molar-refractivity contribution in [1.29, 1.82) is 0 Å². The normalized spacial score (nSPS) is 15.7. The molecule has 144 valence electrons. The molecule has 1 aliphatic heterocycles. The van der Waals surface area contributed by atoms with Crippen LogP contribution in [0.25, 0.3) is 0 Å². The van der Waals surface area contributed by atoms with Gasteiger partial charge in [0.1, 0.15) is 5.60 Å². The van der Waals surface area contributed by atoms with Gasteiger partial charge in [0.05, 0.1) is 6.42 Å². The molecule has 1 saturated heterocycles. The van der Waals surface area contributed by atoms with Gasteiger partial charge in [0.2, 0.25) is 5.91 Å². The van der Waals surface area contributed by atoms with Crippen LogP contribution in [0.2, 0.25) is 0 Å². The summed E-state index contributed by atoms with van der Waals surface area (Å²) in [5, 5.41) is 0. The highest BCUT2D eigenvalue weighted by atomic mass is 16.6. The monoisotopic (exact) mass is 360 g/mol. The number of benzene rings is 1. The van der Waals surface area contributed by atoms with Gasteiger partial charge in [-0.25, -0.2) is 4.79 Å². The summed E-state index contributed by atoms with van der Waals surface area (Å²) in [6.45, 7) is 9.82. The lowest BCUT2D eigenvalue weighted by Gasteiger charge is -2.34. The highest BCUT2D eigenvalue weighted by Gasteiger charge is 2.27. The standard InChI is InChI=1S/C21H32N2O3/c1-16-6-8-17(9-7-16)14-19(24)22(5)15-18-10-12-23(13-11-18)20(25)26-21(2,3)4/h6-9,18H,10-15H2,1-5H3. The van der Waals surface area contributed by atoms with Crippen molar-refractivity contribution >= 4 is 12.0 Å². The van der Waals surface area contributed by atoms with Gasteiger partial charge in [-0.2, -0.15) is 0 Å². The fourth-order valence-corrected chi connectivity index (χ4v) is 3.13. The highest BCUT2D eigenvalue weighted by molar-refractivity contribution is 5.78. The van der Waals surface area contributed by atoms with Gasteiger partial charge in [-0.3, -0.25) is 4.79 Å². The Hall–Kier alpha value is -2.04. The second-order valence-corrected chi connectivity index (χ2v) is 8.35. The molecule has 1 aromatic carbocycles. The molecule has 1 aliphatic rings. The highest BCUT2D eigenvalue weighted by Crippen LogP contribution is 2.20. The molecule has 0 unspecified atom stereocenters. The van der Waals surface area contributed by atoms with Gasteiger partial charge in [0, 0.05) is 26.7 Å². The summed E-state index contributed by atoms with van der Waals surface area (Å²) in [7, 11) is 1.87. The largest absolute Gasteiger partial charge is 0.444 e. The van der Waals surface area contributed by atoms with E-state index in [2.05, 4.69) is 0 Å². The first kappa shape index (κ1) is 20.3. The van der Waals surface area contributed by atoms with Gasteiger partial charge in [0.15, 0.2) is 0 Å². The van der Waals surface area contributed by atoms with E-state index in [9.17, 15) is 9.59 Å². The molecule has 0 aromatic heterocycles. The minimum atomic E-state index is -0.462. The molecule has 5 nitrogen and oxygen atoms in total. The minimum Gasteiger partial charge on any atom is -0.444 e. The van der Waals surface area contributed by atoms with E-state index < -0.39 is 5.60 Å². The number of nitrogens with zero attached hydrogens (tertiary/aromatic N) is 2. The first-order valence-electron chi connectivity index (χ1n) is 9.41. The van der Waals surface area contributed by atoms with Crippen molar-refractivity contribution in [3.8, 4) is 0 Å². The Morgan fingerprint density at radius 2 is 1.73 bits per heavy atom. The Balaban J connectivity index is 1.76. The van der Waals surface area contributed by atoms with Crippen LogP contribution in [0.15, 0.2) is 24.3 Å². The van der Waals surface area contributed by atoms with Gasteiger partial charge >= 0.3 is 6.09 Å². The molecule has 1 aromatic rings. The van der Waals surface area contributed by atoms with E-state index >= 15 is 0 Å². The lowest BCUT2D eigenvalue weighted by molar-refractivity contribution is -0.130. The van der Waals surface area contributed by atoms with E-state index in [4.69, 9.17) is 4.74 Å². The molecule has 26 heavy (non-hydrogen) atoms. The van der Waals surface area contributed by atoms with Crippen LogP contribution in [0.4, 0.5) is 4.79 Å². The van der Waals surface area contributed by atoms with Crippen LogP contribution in [-0.2, 0) is 16.0 Å². The summed E-state index contributed by atoms with van der Waals surface area (Å²) in [5.74, 6) is 0.573. The molecule has 0 atom stereocenters. The summed E-state index contributed by atoms with van der Waals surface area (Å²) in [6, 6.07) is 8.10. The van der Waals surface area contributed by atoms with Crippen LogP contribution in [0.3, 0.4) is 0 Å². The molecule has 2 amide bonds. The van der Waals surface area contributed by atoms with Crippen molar-refractivity contribution in [3.63, 3.8) is 0 Å². The van der Waals surface area contributed by atoms with E-state index in [0.717, 1.165) is 24.9 Å². The number of amides is 2. The van der Waals surface area contributed by atoms with Gasteiger partial charge in [0.25, 0.3) is 0 Å². The molecule has 5 heteroatoms. The maximum absolute atomic E-state index is 12.4. The second-order valence-electron chi connectivity index (χ2n) is 8.35. The number of likely N-dealkylation sites (N-methyl/N-ethyl adjacent to an activating group) is 1. The van der Waals surface area contributed by atoms with Gasteiger partial charge in [-0.15, -0.1) is 0 Å². The third kappa shape index (κ3) is 6.36. The number of ether oxygens (including phenoxy) is 1. The average molecular weight is 360 g/mol. The number of carbonyl (C=O) groups is 2. The fraction of sp³-hybridized carbons (Fsp3) is 0.619. The number of likely N-dealkylation sites (tertiary alicyclic amines) is 1. The van der Waals surface area contributed by atoms with Gasteiger partial charge in [-0.05, 0) is 52.0 Å². The molecule has 0 radical (unpaired) electrons. The quantitative estimate of drug-likeness (QED) is 0.824. The maximum Gasteiger partial charge on any atom is 0.410 e.